The molecule has 1 aromatic carbocycles. The highest BCUT2D eigenvalue weighted by Crippen LogP contribution is 2.22. The van der Waals surface area contributed by atoms with Gasteiger partial charge in [0, 0.05) is 69.0 Å². The predicted octanol–water partition coefficient (Wildman–Crippen LogP) is 3.83. The Bertz CT molecular complexity index is 869. The Morgan fingerprint density at radius 2 is 1.39 bits per heavy atom. The van der Waals surface area contributed by atoms with Crippen molar-refractivity contribution in [2.24, 2.45) is 0 Å². The number of anilines is 1. The van der Waals surface area contributed by atoms with Gasteiger partial charge in [-0.05, 0) is 78.6 Å². The van der Waals surface area contributed by atoms with Gasteiger partial charge in [0.25, 0.3) is 11.9 Å². The molecule has 0 bridgehead atoms. The first-order chi connectivity index (χ1) is 16.7. The highest BCUT2D eigenvalue weighted by Gasteiger charge is 2.28. The van der Waals surface area contributed by atoms with Gasteiger partial charge in [-0.15, -0.1) is 0 Å². The number of amides is 2. The Hall–Kier alpha value is -2.81. The summed E-state index contributed by atoms with van der Waals surface area (Å²) in [6.07, 6.45) is 1.73. The van der Waals surface area contributed by atoms with Crippen LogP contribution in [0.4, 0.5) is 10.5 Å². The number of piperazine rings is 1. The zero-order valence-corrected chi connectivity index (χ0v) is 23.0. The lowest BCUT2D eigenvalue weighted by Gasteiger charge is -2.41. The van der Waals surface area contributed by atoms with Crippen LogP contribution >= 0.6 is 0 Å². The second-order valence-electron chi connectivity index (χ2n) is 11.4. The van der Waals surface area contributed by atoms with Crippen molar-refractivity contribution in [2.75, 3.05) is 44.2 Å². The van der Waals surface area contributed by atoms with E-state index in [1.165, 1.54) is 0 Å². The fraction of sp³-hybridized carbons (Fsp3) is 0.667. The first-order valence-electron chi connectivity index (χ1n) is 12.7. The van der Waals surface area contributed by atoms with Crippen LogP contribution in [0.3, 0.4) is 0 Å². The number of carbonyl (C=O) groups is 3. The molecule has 3 rings (SSSR count). The van der Waals surface area contributed by atoms with Crippen LogP contribution < -0.4 is 10.2 Å². The summed E-state index contributed by atoms with van der Waals surface area (Å²) in [6.45, 7) is 18.2. The normalized spacial score (nSPS) is 17.6. The Morgan fingerprint density at radius 1 is 0.889 bits per heavy atom. The van der Waals surface area contributed by atoms with Crippen LogP contribution in [0.15, 0.2) is 24.3 Å². The molecule has 0 unspecified atom stereocenters. The summed E-state index contributed by atoms with van der Waals surface area (Å²) in [4.78, 5) is 40.4. The monoisotopic (exact) mass is 504 g/mol. The van der Waals surface area contributed by atoms with E-state index in [0.717, 1.165) is 51.6 Å². The summed E-state index contributed by atoms with van der Waals surface area (Å²) in [5.74, 6) is -0.833. The van der Waals surface area contributed by atoms with E-state index in [9.17, 15) is 9.59 Å². The van der Waals surface area contributed by atoms with E-state index in [1.807, 2.05) is 45.0 Å². The van der Waals surface area contributed by atoms with Gasteiger partial charge >= 0.3 is 6.09 Å². The van der Waals surface area contributed by atoms with Gasteiger partial charge < -0.3 is 25.0 Å². The lowest BCUT2D eigenvalue weighted by molar-refractivity contribution is -0.134. The zero-order chi connectivity index (χ0) is 27.1. The molecule has 2 aliphatic rings. The molecule has 2 fully saturated rings. The molecule has 2 aliphatic heterocycles. The Kier molecular flexibility index (Phi) is 10.2. The van der Waals surface area contributed by atoms with E-state index >= 15 is 0 Å². The summed E-state index contributed by atoms with van der Waals surface area (Å²) in [5.41, 5.74) is 1.47. The number of hydrogen-bond acceptors (Lipinski definition) is 6. The number of piperidine rings is 1. The van der Waals surface area contributed by atoms with Crippen LogP contribution in [0.5, 0.6) is 0 Å². The van der Waals surface area contributed by atoms with Crippen LogP contribution in [-0.2, 0) is 9.53 Å². The molecule has 202 valence electrons. The molecule has 9 nitrogen and oxygen atoms in total. The van der Waals surface area contributed by atoms with E-state index in [0.29, 0.717) is 18.7 Å². The largest absolute Gasteiger partial charge is 0.481 e. The van der Waals surface area contributed by atoms with Crippen molar-refractivity contribution >= 4 is 23.7 Å². The SMILES string of the molecule is CC(=O)O.CC(C)(C)OC(=O)N1CCN(c2ccc(C(=O)NC3CCN(C(C)(C)C)CC3)cc2)CC1. The number of nitrogens with zero attached hydrogens (tertiary/aromatic N) is 3. The molecule has 2 N–H and O–H groups in total. The van der Waals surface area contributed by atoms with Gasteiger partial charge in [-0.3, -0.25) is 14.5 Å². The highest BCUT2D eigenvalue weighted by molar-refractivity contribution is 5.94. The number of likely N-dealkylation sites (tertiary alicyclic amines) is 1. The first-order valence-corrected chi connectivity index (χ1v) is 12.7. The number of carboxylic acid groups (broad SMARTS) is 1. The van der Waals surface area contributed by atoms with E-state index in [4.69, 9.17) is 14.6 Å². The molecule has 2 saturated heterocycles. The van der Waals surface area contributed by atoms with Gasteiger partial charge in [0.2, 0.25) is 0 Å². The van der Waals surface area contributed by atoms with Crippen LogP contribution in [0.2, 0.25) is 0 Å². The maximum Gasteiger partial charge on any atom is 0.410 e. The first kappa shape index (κ1) is 29.4. The third kappa shape index (κ3) is 9.68. The molecule has 1 aromatic rings. The average molecular weight is 505 g/mol. The van der Waals surface area contributed by atoms with Crippen molar-refractivity contribution in [3.8, 4) is 0 Å². The number of carbonyl (C=O) groups excluding carboxylic acids is 2. The molecule has 0 atom stereocenters. The molecular weight excluding hydrogens is 460 g/mol. The third-order valence-electron chi connectivity index (χ3n) is 6.20. The number of ether oxygens (including phenoxy) is 1. The minimum atomic E-state index is -0.833. The second-order valence-corrected chi connectivity index (χ2v) is 11.4. The summed E-state index contributed by atoms with van der Waals surface area (Å²) in [7, 11) is 0. The van der Waals surface area contributed by atoms with Gasteiger partial charge in [0.1, 0.15) is 5.60 Å². The predicted molar refractivity (Wildman–Crippen MR) is 142 cm³/mol. The quantitative estimate of drug-likeness (QED) is 0.645. The molecular formula is C27H44N4O5. The summed E-state index contributed by atoms with van der Waals surface area (Å²) < 4.78 is 5.47. The highest BCUT2D eigenvalue weighted by atomic mass is 16.6. The molecule has 36 heavy (non-hydrogen) atoms. The maximum atomic E-state index is 12.7. The van der Waals surface area contributed by atoms with E-state index in [-0.39, 0.29) is 23.6 Å². The summed E-state index contributed by atoms with van der Waals surface area (Å²) in [6, 6.07) is 8.03. The Labute approximate surface area is 215 Å². The number of hydrogen-bond donors (Lipinski definition) is 2. The molecule has 0 saturated carbocycles. The lowest BCUT2D eigenvalue weighted by Crippen LogP contribution is -2.50. The fourth-order valence-electron chi connectivity index (χ4n) is 4.26. The fourth-order valence-corrected chi connectivity index (χ4v) is 4.26. The number of aliphatic carboxylic acids is 1. The summed E-state index contributed by atoms with van der Waals surface area (Å²) >= 11 is 0. The third-order valence-corrected chi connectivity index (χ3v) is 6.20. The lowest BCUT2D eigenvalue weighted by atomic mass is 9.98. The van der Waals surface area contributed by atoms with E-state index < -0.39 is 11.6 Å². The number of nitrogens with one attached hydrogen (secondary N) is 1. The van der Waals surface area contributed by atoms with Gasteiger partial charge in [-0.1, -0.05) is 0 Å². The van der Waals surface area contributed by atoms with Crippen LogP contribution in [-0.4, -0.2) is 89.3 Å². The van der Waals surface area contributed by atoms with E-state index in [1.54, 1.807) is 4.90 Å². The number of benzene rings is 1. The second kappa shape index (κ2) is 12.4. The Balaban J connectivity index is 0.00000106. The molecule has 0 radical (unpaired) electrons. The minimum Gasteiger partial charge on any atom is -0.481 e. The molecule has 0 aromatic heterocycles. The van der Waals surface area contributed by atoms with Gasteiger partial charge in [-0.2, -0.15) is 0 Å². The molecule has 0 aliphatic carbocycles. The van der Waals surface area contributed by atoms with Crippen molar-refractivity contribution < 1.29 is 24.2 Å². The number of rotatable bonds is 3. The molecule has 2 amide bonds. The zero-order valence-electron chi connectivity index (χ0n) is 23.0. The van der Waals surface area contributed by atoms with Crippen molar-refractivity contribution in [1.29, 1.82) is 0 Å². The Morgan fingerprint density at radius 3 is 1.83 bits per heavy atom. The van der Waals surface area contributed by atoms with Crippen molar-refractivity contribution in [1.82, 2.24) is 15.1 Å². The average Bonchev–Trinajstić information content (AvgIpc) is 2.77. The maximum absolute atomic E-state index is 12.7. The van der Waals surface area contributed by atoms with Gasteiger partial charge in [0.05, 0.1) is 0 Å². The van der Waals surface area contributed by atoms with Gasteiger partial charge in [0.15, 0.2) is 0 Å². The van der Waals surface area contributed by atoms with Crippen molar-refractivity contribution in [3.05, 3.63) is 29.8 Å². The van der Waals surface area contributed by atoms with Crippen molar-refractivity contribution in [2.45, 2.75) is 78.5 Å². The molecule has 2 heterocycles. The number of carboxylic acids is 1. The smallest absolute Gasteiger partial charge is 0.410 e. The molecule has 9 heteroatoms. The van der Waals surface area contributed by atoms with Crippen LogP contribution in [0.25, 0.3) is 0 Å². The molecule has 0 spiro atoms. The van der Waals surface area contributed by atoms with Crippen molar-refractivity contribution in [3.63, 3.8) is 0 Å². The summed E-state index contributed by atoms with van der Waals surface area (Å²) in [5, 5.41) is 10.6. The van der Waals surface area contributed by atoms with Gasteiger partial charge in [-0.25, -0.2) is 4.79 Å². The standard InChI is InChI=1S/C25H40N4O3.C2H4O2/c1-24(2,3)29-13-11-20(12-14-29)26-22(30)19-7-9-21(10-8-19)27-15-17-28(18-16-27)23(31)32-25(4,5)6;1-2(3)4/h7-10,20H,11-18H2,1-6H3,(H,26,30);1H3,(H,3,4). The van der Waals surface area contributed by atoms with Crippen LogP contribution in [0.1, 0.15) is 71.7 Å². The topological polar surface area (TPSA) is 102 Å². The minimum absolute atomic E-state index is 0.000466. The van der Waals surface area contributed by atoms with E-state index in [2.05, 4.69) is 35.9 Å². The van der Waals surface area contributed by atoms with Crippen LogP contribution in [0, 0.1) is 0 Å².